The highest BCUT2D eigenvalue weighted by Gasteiger charge is 2.25. The van der Waals surface area contributed by atoms with Crippen LogP contribution in [0.25, 0.3) is 10.8 Å². The molecular formula is C23H24N4O6S. The third-order valence-corrected chi connectivity index (χ3v) is 7.45. The fourth-order valence-electron chi connectivity index (χ4n) is 3.80. The van der Waals surface area contributed by atoms with E-state index in [1.807, 2.05) is 0 Å². The maximum absolute atomic E-state index is 12.7. The minimum Gasteiger partial charge on any atom is -0.455 e. The highest BCUT2D eigenvalue weighted by molar-refractivity contribution is 7.89. The Hall–Kier alpha value is -3.57. The van der Waals surface area contributed by atoms with Crippen molar-refractivity contribution in [3.05, 3.63) is 64.6 Å². The lowest BCUT2D eigenvalue weighted by Crippen LogP contribution is -2.35. The van der Waals surface area contributed by atoms with Crippen molar-refractivity contribution < 1.29 is 22.7 Å². The summed E-state index contributed by atoms with van der Waals surface area (Å²) in [5, 5.41) is 9.76. The molecule has 0 spiro atoms. The highest BCUT2D eigenvalue weighted by Crippen LogP contribution is 2.22. The molecule has 0 saturated carbocycles. The van der Waals surface area contributed by atoms with Gasteiger partial charge in [0.1, 0.15) is 0 Å². The quantitative estimate of drug-likeness (QED) is 0.488. The Balaban J connectivity index is 1.31. The minimum atomic E-state index is -3.55. The van der Waals surface area contributed by atoms with Gasteiger partial charge in [-0.15, -0.1) is 0 Å². The molecule has 34 heavy (non-hydrogen) atoms. The monoisotopic (exact) mass is 484 g/mol. The molecule has 0 bridgehead atoms. The number of hydrogen-bond acceptors (Lipinski definition) is 7. The molecule has 10 nitrogen and oxygen atoms in total. The van der Waals surface area contributed by atoms with Gasteiger partial charge in [-0.05, 0) is 43.2 Å². The number of hydrogen-bond donors (Lipinski definition) is 2. The number of amides is 1. The largest absolute Gasteiger partial charge is 0.455 e. The molecule has 1 fully saturated rings. The number of nitrogens with zero attached hydrogens (tertiary/aromatic N) is 2. The van der Waals surface area contributed by atoms with Crippen LogP contribution in [0.2, 0.25) is 0 Å². The molecule has 178 valence electrons. The van der Waals surface area contributed by atoms with E-state index in [0.29, 0.717) is 35.2 Å². The van der Waals surface area contributed by atoms with Crippen molar-refractivity contribution in [2.24, 2.45) is 0 Å². The Bertz CT molecular complexity index is 1360. The number of piperidine rings is 1. The maximum atomic E-state index is 12.7. The van der Waals surface area contributed by atoms with Gasteiger partial charge in [-0.1, -0.05) is 24.6 Å². The molecule has 1 aliphatic heterocycles. The van der Waals surface area contributed by atoms with Gasteiger partial charge in [0, 0.05) is 24.2 Å². The second-order valence-corrected chi connectivity index (χ2v) is 9.86. The molecule has 4 rings (SSSR count). The number of carbonyl (C=O) groups is 2. The molecule has 3 aromatic rings. The van der Waals surface area contributed by atoms with Crippen molar-refractivity contribution in [3.63, 3.8) is 0 Å². The molecule has 0 unspecified atom stereocenters. The number of rotatable bonds is 7. The number of benzene rings is 2. The Kier molecular flexibility index (Phi) is 7.03. The number of nitrogens with one attached hydrogen (secondary N) is 2. The summed E-state index contributed by atoms with van der Waals surface area (Å²) >= 11 is 0. The molecule has 1 aromatic heterocycles. The van der Waals surface area contributed by atoms with Crippen molar-refractivity contribution >= 4 is 38.4 Å². The summed E-state index contributed by atoms with van der Waals surface area (Å²) in [6.45, 7) is 0.501. The van der Waals surface area contributed by atoms with E-state index in [2.05, 4.69) is 15.5 Å². The summed E-state index contributed by atoms with van der Waals surface area (Å²) < 4.78 is 31.9. The van der Waals surface area contributed by atoms with Crippen molar-refractivity contribution in [1.82, 2.24) is 14.5 Å². The smallest absolute Gasteiger partial charge is 0.312 e. The molecule has 0 atom stereocenters. The van der Waals surface area contributed by atoms with E-state index in [9.17, 15) is 22.8 Å². The van der Waals surface area contributed by atoms with Crippen LogP contribution in [0.3, 0.4) is 0 Å². The van der Waals surface area contributed by atoms with Gasteiger partial charge in [-0.25, -0.2) is 13.5 Å². The van der Waals surface area contributed by atoms with Gasteiger partial charge >= 0.3 is 5.97 Å². The van der Waals surface area contributed by atoms with E-state index in [-0.39, 0.29) is 16.9 Å². The normalized spacial score (nSPS) is 14.6. The molecule has 1 amide bonds. The molecule has 0 aliphatic carbocycles. The first-order chi connectivity index (χ1) is 16.3. The van der Waals surface area contributed by atoms with Crippen LogP contribution in [0.1, 0.15) is 25.0 Å². The number of sulfonamides is 1. The number of fused-ring (bicyclic) bond motifs is 1. The van der Waals surface area contributed by atoms with Crippen molar-refractivity contribution in [1.29, 1.82) is 0 Å². The van der Waals surface area contributed by atoms with Crippen LogP contribution < -0.4 is 10.9 Å². The van der Waals surface area contributed by atoms with Crippen LogP contribution in [-0.2, 0) is 30.8 Å². The van der Waals surface area contributed by atoms with E-state index in [1.165, 1.54) is 28.6 Å². The molecule has 0 radical (unpaired) electrons. The topological polar surface area (TPSA) is 139 Å². The van der Waals surface area contributed by atoms with Crippen molar-refractivity contribution in [2.75, 3.05) is 25.0 Å². The van der Waals surface area contributed by atoms with Crippen LogP contribution in [0.4, 0.5) is 5.69 Å². The lowest BCUT2D eigenvalue weighted by atomic mass is 10.1. The Morgan fingerprint density at radius 3 is 2.38 bits per heavy atom. The van der Waals surface area contributed by atoms with Crippen LogP contribution in [0.5, 0.6) is 0 Å². The highest BCUT2D eigenvalue weighted by atomic mass is 32.2. The van der Waals surface area contributed by atoms with Gasteiger partial charge < -0.3 is 10.1 Å². The van der Waals surface area contributed by atoms with Gasteiger partial charge in [-0.3, -0.25) is 14.4 Å². The lowest BCUT2D eigenvalue weighted by molar-refractivity contribution is -0.146. The summed E-state index contributed by atoms with van der Waals surface area (Å²) in [5.74, 6) is -1.25. The predicted octanol–water partition coefficient (Wildman–Crippen LogP) is 1.82. The lowest BCUT2D eigenvalue weighted by Gasteiger charge is -2.25. The number of carbonyl (C=O) groups excluding carboxylic acids is 2. The molecule has 1 aliphatic rings. The number of aromatic nitrogens is 2. The number of ether oxygens (including phenoxy) is 1. The Morgan fingerprint density at radius 2 is 1.68 bits per heavy atom. The summed E-state index contributed by atoms with van der Waals surface area (Å²) in [4.78, 5) is 36.4. The third-order valence-electron chi connectivity index (χ3n) is 5.54. The number of esters is 1. The molecule has 1 saturated heterocycles. The Labute approximate surface area is 196 Å². The fraction of sp³-hybridized carbons (Fsp3) is 0.304. The third kappa shape index (κ3) is 5.32. The zero-order valence-electron chi connectivity index (χ0n) is 18.3. The minimum absolute atomic E-state index is 0.166. The van der Waals surface area contributed by atoms with Crippen molar-refractivity contribution in [2.45, 2.75) is 30.6 Å². The summed E-state index contributed by atoms with van der Waals surface area (Å²) in [5.41, 5.74) is 0.361. The van der Waals surface area contributed by atoms with Gasteiger partial charge in [-0.2, -0.15) is 9.40 Å². The van der Waals surface area contributed by atoms with E-state index < -0.39 is 28.5 Å². The second-order valence-electron chi connectivity index (χ2n) is 7.92. The summed E-state index contributed by atoms with van der Waals surface area (Å²) in [7, 11) is -3.55. The van der Waals surface area contributed by atoms with E-state index in [0.717, 1.165) is 19.3 Å². The SMILES string of the molecule is O=C(COC(=O)Cc1n[nH]c(=O)c2ccccc12)Nc1ccc(S(=O)(=O)N2CCCCC2)cc1. The molecule has 2 heterocycles. The van der Waals surface area contributed by atoms with Gasteiger partial charge in [0.05, 0.1) is 22.4 Å². The predicted molar refractivity (Wildman–Crippen MR) is 125 cm³/mol. The zero-order chi connectivity index (χ0) is 24.1. The van der Waals surface area contributed by atoms with Gasteiger partial charge in [0.15, 0.2) is 6.61 Å². The molecule has 2 N–H and O–H groups in total. The Morgan fingerprint density at radius 1 is 1.00 bits per heavy atom. The first kappa shape index (κ1) is 23.6. The van der Waals surface area contributed by atoms with Crippen LogP contribution >= 0.6 is 0 Å². The number of aromatic amines is 1. The number of H-pyrrole nitrogens is 1. The van der Waals surface area contributed by atoms with E-state index in [4.69, 9.17) is 4.74 Å². The first-order valence-electron chi connectivity index (χ1n) is 10.9. The summed E-state index contributed by atoms with van der Waals surface area (Å²) in [6, 6.07) is 12.6. The maximum Gasteiger partial charge on any atom is 0.312 e. The average Bonchev–Trinajstić information content (AvgIpc) is 2.85. The van der Waals surface area contributed by atoms with Crippen molar-refractivity contribution in [3.8, 4) is 0 Å². The van der Waals surface area contributed by atoms with Gasteiger partial charge in [0.25, 0.3) is 11.5 Å². The van der Waals surface area contributed by atoms with E-state index in [1.54, 1.807) is 24.3 Å². The summed E-state index contributed by atoms with van der Waals surface area (Å²) in [6.07, 6.45) is 2.51. The fourth-order valence-corrected chi connectivity index (χ4v) is 5.32. The molecular weight excluding hydrogens is 460 g/mol. The van der Waals surface area contributed by atoms with Crippen LogP contribution in [-0.4, -0.2) is 54.5 Å². The van der Waals surface area contributed by atoms with E-state index >= 15 is 0 Å². The number of anilines is 1. The standard InChI is InChI=1S/C23H24N4O6S/c28-21(15-33-22(29)14-20-18-6-2-3-7-19(18)23(30)26-25-20)24-16-8-10-17(11-9-16)34(31,32)27-12-4-1-5-13-27/h2-3,6-11H,1,4-5,12-15H2,(H,24,28)(H,26,30). The van der Waals surface area contributed by atoms with Crippen LogP contribution in [0, 0.1) is 0 Å². The molecule has 2 aromatic carbocycles. The second kappa shape index (κ2) is 10.1. The van der Waals surface area contributed by atoms with Gasteiger partial charge in [0.2, 0.25) is 10.0 Å². The first-order valence-corrected chi connectivity index (χ1v) is 12.3. The average molecular weight is 485 g/mol. The van der Waals surface area contributed by atoms with Crippen LogP contribution in [0.15, 0.2) is 58.2 Å². The zero-order valence-corrected chi connectivity index (χ0v) is 19.1. The molecule has 11 heteroatoms.